The number of amides is 1. The lowest BCUT2D eigenvalue weighted by Crippen LogP contribution is -2.35. The van der Waals surface area contributed by atoms with Gasteiger partial charge >= 0.3 is 0 Å². The number of rotatable bonds is 5. The molecule has 6 nitrogen and oxygen atoms in total. The number of aliphatic hydroxyl groups excluding tert-OH is 1. The average molecular weight is 383 g/mol. The third-order valence-corrected chi connectivity index (χ3v) is 3.91. The van der Waals surface area contributed by atoms with Gasteiger partial charge in [0.05, 0.1) is 19.3 Å². The van der Waals surface area contributed by atoms with Gasteiger partial charge in [-0.1, -0.05) is 12.1 Å². The lowest BCUT2D eigenvalue weighted by molar-refractivity contribution is -0.117. The quantitative estimate of drug-likeness (QED) is 0.741. The van der Waals surface area contributed by atoms with E-state index in [1.807, 2.05) is 0 Å². The first kappa shape index (κ1) is 20.0. The van der Waals surface area contributed by atoms with Gasteiger partial charge < -0.3 is 25.2 Å². The Morgan fingerprint density at radius 1 is 1.23 bits per heavy atom. The van der Waals surface area contributed by atoms with Gasteiger partial charge in [-0.05, 0) is 30.7 Å². The summed E-state index contributed by atoms with van der Waals surface area (Å²) in [5.74, 6) is -0.00986. The third-order valence-electron chi connectivity index (χ3n) is 3.91. The van der Waals surface area contributed by atoms with E-state index in [0.29, 0.717) is 30.2 Å². The van der Waals surface area contributed by atoms with Crippen molar-refractivity contribution in [3.05, 3.63) is 48.3 Å². The van der Waals surface area contributed by atoms with E-state index in [1.165, 1.54) is 19.2 Å². The molecule has 0 bridgehead atoms. The number of halogens is 2. The highest BCUT2D eigenvalue weighted by molar-refractivity contribution is 5.95. The van der Waals surface area contributed by atoms with Crippen LogP contribution in [0.5, 0.6) is 17.2 Å². The van der Waals surface area contributed by atoms with Gasteiger partial charge in [-0.2, -0.15) is 0 Å². The Morgan fingerprint density at radius 2 is 1.96 bits per heavy atom. The Bertz CT molecular complexity index is 775. The van der Waals surface area contributed by atoms with Crippen LogP contribution >= 0.6 is 12.4 Å². The first-order valence-corrected chi connectivity index (χ1v) is 7.89. The van der Waals surface area contributed by atoms with Crippen LogP contribution in [0.1, 0.15) is 6.42 Å². The van der Waals surface area contributed by atoms with Crippen LogP contribution in [-0.2, 0) is 4.79 Å². The second-order valence-electron chi connectivity index (χ2n) is 5.74. The van der Waals surface area contributed by atoms with Gasteiger partial charge in [0.15, 0.2) is 23.1 Å². The maximum Gasteiger partial charge on any atom is 0.241 e. The van der Waals surface area contributed by atoms with Crippen molar-refractivity contribution in [1.82, 2.24) is 5.32 Å². The van der Waals surface area contributed by atoms with E-state index < -0.39 is 18.0 Å². The number of methoxy groups -OCH3 is 1. The molecule has 1 amide bonds. The number of para-hydroxylation sites is 2. The first-order valence-electron chi connectivity index (χ1n) is 7.89. The molecular formula is C18H20ClFN2O4. The molecule has 26 heavy (non-hydrogen) atoms. The smallest absolute Gasteiger partial charge is 0.241 e. The van der Waals surface area contributed by atoms with Gasteiger partial charge in [-0.3, -0.25) is 4.79 Å². The fourth-order valence-corrected chi connectivity index (χ4v) is 2.63. The number of nitrogens with one attached hydrogen (secondary N) is 2. The molecule has 1 fully saturated rings. The maximum atomic E-state index is 14.3. The zero-order valence-corrected chi connectivity index (χ0v) is 14.9. The highest BCUT2D eigenvalue weighted by Gasteiger charge is 2.28. The largest absolute Gasteiger partial charge is 0.493 e. The van der Waals surface area contributed by atoms with Crippen molar-refractivity contribution in [2.75, 3.05) is 19.0 Å². The van der Waals surface area contributed by atoms with E-state index >= 15 is 0 Å². The van der Waals surface area contributed by atoms with Crippen LogP contribution in [0.4, 0.5) is 10.1 Å². The number of hydrogen-bond acceptors (Lipinski definition) is 5. The highest BCUT2D eigenvalue weighted by Crippen LogP contribution is 2.33. The van der Waals surface area contributed by atoms with E-state index in [1.54, 1.807) is 30.3 Å². The molecule has 1 aliphatic rings. The van der Waals surface area contributed by atoms with E-state index in [-0.39, 0.29) is 24.1 Å². The van der Waals surface area contributed by atoms with E-state index in [4.69, 9.17) is 9.47 Å². The standard InChI is InChI=1S/C18H19FN2O4.ClH/c1-24-16-4-2-3-5-17(16)25-15-7-6-11(8-13(15)19)21-18(23)14-9-12(22)10-20-14;/h2-8,12,14,20,22H,9-10H2,1H3,(H,21,23);1H/t12-,14+;/m0./s1. The van der Waals surface area contributed by atoms with E-state index in [2.05, 4.69) is 10.6 Å². The highest BCUT2D eigenvalue weighted by atomic mass is 35.5. The summed E-state index contributed by atoms with van der Waals surface area (Å²) in [6.07, 6.45) is -0.201. The van der Waals surface area contributed by atoms with Crippen LogP contribution in [0.3, 0.4) is 0 Å². The summed E-state index contributed by atoms with van der Waals surface area (Å²) < 4.78 is 25.0. The minimum Gasteiger partial charge on any atom is -0.493 e. The Kier molecular flexibility index (Phi) is 6.79. The van der Waals surface area contributed by atoms with E-state index in [0.717, 1.165) is 0 Å². The normalized spacial score (nSPS) is 18.7. The fourth-order valence-electron chi connectivity index (χ4n) is 2.63. The molecule has 1 saturated heterocycles. The van der Waals surface area contributed by atoms with E-state index in [9.17, 15) is 14.3 Å². The van der Waals surface area contributed by atoms with Crippen LogP contribution in [0.15, 0.2) is 42.5 Å². The van der Waals surface area contributed by atoms with Gasteiger partial charge in [0.1, 0.15) is 0 Å². The van der Waals surface area contributed by atoms with Gasteiger partial charge in [0, 0.05) is 18.3 Å². The number of aliphatic hydroxyl groups is 1. The number of carbonyl (C=O) groups is 1. The van der Waals surface area contributed by atoms with Gasteiger partial charge in [-0.25, -0.2) is 4.39 Å². The van der Waals surface area contributed by atoms with Crippen molar-refractivity contribution in [3.8, 4) is 17.2 Å². The molecule has 2 aromatic rings. The van der Waals surface area contributed by atoms with Crippen molar-refractivity contribution in [1.29, 1.82) is 0 Å². The minimum atomic E-state index is -0.608. The Hall–Kier alpha value is -2.35. The molecule has 0 aromatic heterocycles. The SMILES string of the molecule is COc1ccccc1Oc1ccc(NC(=O)[C@H]2C[C@H](O)CN2)cc1F.Cl. The molecule has 1 heterocycles. The average Bonchev–Trinajstić information content (AvgIpc) is 3.04. The van der Waals surface area contributed by atoms with Crippen molar-refractivity contribution in [2.24, 2.45) is 0 Å². The minimum absolute atomic E-state index is 0. The Labute approximate surface area is 156 Å². The fraction of sp³-hybridized carbons (Fsp3) is 0.278. The monoisotopic (exact) mass is 382 g/mol. The van der Waals surface area contributed by atoms with Crippen LogP contribution in [-0.4, -0.2) is 36.8 Å². The number of ether oxygens (including phenoxy) is 2. The van der Waals surface area contributed by atoms with Crippen LogP contribution in [0, 0.1) is 5.82 Å². The topological polar surface area (TPSA) is 79.8 Å². The zero-order chi connectivity index (χ0) is 17.8. The number of benzene rings is 2. The Balaban J connectivity index is 0.00000243. The number of anilines is 1. The molecule has 3 rings (SSSR count). The zero-order valence-electron chi connectivity index (χ0n) is 14.1. The molecule has 0 unspecified atom stereocenters. The molecule has 0 saturated carbocycles. The van der Waals surface area contributed by atoms with Crippen molar-refractivity contribution in [3.63, 3.8) is 0 Å². The Morgan fingerprint density at radius 3 is 2.58 bits per heavy atom. The maximum absolute atomic E-state index is 14.3. The predicted molar refractivity (Wildman–Crippen MR) is 97.8 cm³/mol. The third kappa shape index (κ3) is 4.63. The molecule has 1 aliphatic heterocycles. The predicted octanol–water partition coefficient (Wildman–Crippen LogP) is 2.71. The molecule has 140 valence electrons. The molecule has 0 aliphatic carbocycles. The van der Waals surface area contributed by atoms with Crippen LogP contribution in [0.2, 0.25) is 0 Å². The van der Waals surface area contributed by atoms with Crippen molar-refractivity contribution in [2.45, 2.75) is 18.6 Å². The number of carbonyl (C=O) groups excluding carboxylic acids is 1. The molecular weight excluding hydrogens is 363 g/mol. The molecule has 2 aromatic carbocycles. The number of hydrogen-bond donors (Lipinski definition) is 3. The van der Waals surface area contributed by atoms with Gasteiger partial charge in [0.2, 0.25) is 5.91 Å². The van der Waals surface area contributed by atoms with Crippen LogP contribution < -0.4 is 20.1 Å². The molecule has 3 N–H and O–H groups in total. The number of β-amino-alcohol motifs (C(OH)–C–C–N with tert-alkyl or cyclic N) is 1. The van der Waals surface area contributed by atoms with Crippen molar-refractivity contribution < 1.29 is 23.8 Å². The summed E-state index contributed by atoms with van der Waals surface area (Å²) in [5, 5.41) is 15.0. The summed E-state index contributed by atoms with van der Waals surface area (Å²) in [6, 6.07) is 10.6. The lowest BCUT2D eigenvalue weighted by atomic mass is 10.2. The molecule has 8 heteroatoms. The van der Waals surface area contributed by atoms with Crippen molar-refractivity contribution >= 4 is 24.0 Å². The molecule has 0 spiro atoms. The second kappa shape index (κ2) is 8.84. The van der Waals surface area contributed by atoms with Crippen LogP contribution in [0.25, 0.3) is 0 Å². The summed E-state index contributed by atoms with van der Waals surface area (Å²) in [6.45, 7) is 0.373. The van der Waals surface area contributed by atoms with Gasteiger partial charge in [-0.15, -0.1) is 12.4 Å². The summed E-state index contributed by atoms with van der Waals surface area (Å²) >= 11 is 0. The molecule has 0 radical (unpaired) electrons. The van der Waals surface area contributed by atoms with Gasteiger partial charge in [0.25, 0.3) is 0 Å². The molecule has 2 atom stereocenters. The summed E-state index contributed by atoms with van der Waals surface area (Å²) in [5.41, 5.74) is 0.318. The second-order valence-corrected chi connectivity index (χ2v) is 5.74. The first-order chi connectivity index (χ1) is 12.1. The summed E-state index contributed by atoms with van der Waals surface area (Å²) in [4.78, 5) is 12.1. The summed E-state index contributed by atoms with van der Waals surface area (Å²) in [7, 11) is 1.51. The lowest BCUT2D eigenvalue weighted by Gasteiger charge is -2.13.